The Hall–Kier alpha value is -0.100. The molecule has 1 unspecified atom stereocenters. The number of halogens is 1. The fraction of sp³-hybridized carbons (Fsp3) is 0.625. The van der Waals surface area contributed by atoms with Gasteiger partial charge in [-0.3, -0.25) is 4.90 Å². The summed E-state index contributed by atoms with van der Waals surface area (Å²) in [7, 11) is 3.69. The second-order valence-electron chi connectivity index (χ2n) is 2.75. The molecule has 72 valence electrons. The van der Waals surface area contributed by atoms with Gasteiger partial charge in [0.05, 0.1) is 0 Å². The summed E-state index contributed by atoms with van der Waals surface area (Å²) in [4.78, 5) is 12.7. The first-order valence-corrected chi connectivity index (χ1v) is 3.48. The van der Waals surface area contributed by atoms with Crippen molar-refractivity contribution < 1.29 is 9.53 Å². The van der Waals surface area contributed by atoms with Crippen LogP contribution in [0.3, 0.4) is 0 Å². The Bertz CT molecular complexity index is 168. The van der Waals surface area contributed by atoms with E-state index in [0.29, 0.717) is 5.57 Å². The molecule has 0 radical (unpaired) electrons. The molecular weight excluding hydrogens is 269 g/mol. The van der Waals surface area contributed by atoms with E-state index in [-0.39, 0.29) is 36.2 Å². The third-order valence-electron chi connectivity index (χ3n) is 1.35. The molecule has 12 heavy (non-hydrogen) atoms. The van der Waals surface area contributed by atoms with Gasteiger partial charge < -0.3 is 4.74 Å². The quantitative estimate of drug-likeness (QED) is 0.342. The van der Waals surface area contributed by atoms with Crippen LogP contribution in [0, 0.1) is 0 Å². The van der Waals surface area contributed by atoms with Crippen molar-refractivity contribution in [2.75, 3.05) is 14.1 Å². The summed E-state index contributed by atoms with van der Waals surface area (Å²) in [6.07, 6.45) is -0.195. The van der Waals surface area contributed by atoms with Gasteiger partial charge in [0.1, 0.15) is 0 Å². The normalized spacial score (nSPS) is 11.8. The second-order valence-corrected chi connectivity index (χ2v) is 2.75. The number of hydrogen-bond acceptors (Lipinski definition) is 3. The van der Waals surface area contributed by atoms with Gasteiger partial charge in [-0.05, 0) is 27.9 Å². The highest BCUT2D eigenvalue weighted by molar-refractivity contribution is 14.0. The van der Waals surface area contributed by atoms with Crippen LogP contribution in [0.5, 0.6) is 0 Å². The average molecular weight is 285 g/mol. The zero-order valence-electron chi connectivity index (χ0n) is 7.96. The molecule has 0 fully saturated rings. The summed E-state index contributed by atoms with van der Waals surface area (Å²) >= 11 is 0. The van der Waals surface area contributed by atoms with Crippen LogP contribution in [0.4, 0.5) is 0 Å². The predicted octanol–water partition coefficient (Wildman–Crippen LogP) is 1.63. The lowest BCUT2D eigenvalue weighted by Crippen LogP contribution is -2.30. The third kappa shape index (κ3) is 5.54. The van der Waals surface area contributed by atoms with E-state index < -0.39 is 0 Å². The van der Waals surface area contributed by atoms with Crippen molar-refractivity contribution in [3.8, 4) is 0 Å². The van der Waals surface area contributed by atoms with Gasteiger partial charge in [-0.1, -0.05) is 6.58 Å². The molecule has 0 spiro atoms. The van der Waals surface area contributed by atoms with Crippen LogP contribution >= 0.6 is 24.0 Å². The van der Waals surface area contributed by atoms with Crippen LogP contribution in [0.1, 0.15) is 13.8 Å². The van der Waals surface area contributed by atoms with Gasteiger partial charge in [0.25, 0.3) is 0 Å². The molecule has 0 heterocycles. The molecular formula is C8H16INO2. The fourth-order valence-corrected chi connectivity index (χ4v) is 0.361. The van der Waals surface area contributed by atoms with Crippen molar-refractivity contribution >= 4 is 29.9 Å². The maximum absolute atomic E-state index is 10.9. The van der Waals surface area contributed by atoms with Crippen molar-refractivity contribution in [2.45, 2.75) is 20.1 Å². The minimum absolute atomic E-state index is 0. The molecule has 0 rings (SSSR count). The highest BCUT2D eigenvalue weighted by atomic mass is 127. The molecule has 0 saturated carbocycles. The summed E-state index contributed by atoms with van der Waals surface area (Å²) in [5.74, 6) is -0.341. The molecule has 3 nitrogen and oxygen atoms in total. The molecule has 0 N–H and O–H groups in total. The van der Waals surface area contributed by atoms with Gasteiger partial charge in [-0.25, -0.2) is 4.79 Å². The maximum Gasteiger partial charge on any atom is 0.334 e. The number of rotatable bonds is 3. The Morgan fingerprint density at radius 1 is 1.50 bits per heavy atom. The Kier molecular flexibility index (Phi) is 7.72. The van der Waals surface area contributed by atoms with Crippen molar-refractivity contribution in [1.82, 2.24) is 4.90 Å². The van der Waals surface area contributed by atoms with Crippen molar-refractivity contribution in [3.05, 3.63) is 12.2 Å². The summed E-state index contributed by atoms with van der Waals surface area (Å²) < 4.78 is 4.96. The van der Waals surface area contributed by atoms with E-state index in [2.05, 4.69) is 6.58 Å². The molecule has 0 aromatic carbocycles. The lowest BCUT2D eigenvalue weighted by Gasteiger charge is -2.19. The number of nitrogens with zero attached hydrogens (tertiary/aromatic N) is 1. The molecule has 0 aromatic rings. The monoisotopic (exact) mass is 285 g/mol. The molecule has 0 saturated heterocycles. The van der Waals surface area contributed by atoms with Crippen LogP contribution in [0.15, 0.2) is 12.2 Å². The smallest absolute Gasteiger partial charge is 0.334 e. The summed E-state index contributed by atoms with van der Waals surface area (Å²) in [5, 5.41) is 0. The van der Waals surface area contributed by atoms with Gasteiger partial charge in [0.15, 0.2) is 6.23 Å². The van der Waals surface area contributed by atoms with Crippen LogP contribution in [0.25, 0.3) is 0 Å². The third-order valence-corrected chi connectivity index (χ3v) is 1.35. The van der Waals surface area contributed by atoms with Gasteiger partial charge >= 0.3 is 5.97 Å². The number of hydrogen-bond donors (Lipinski definition) is 0. The van der Waals surface area contributed by atoms with Crippen LogP contribution in [0.2, 0.25) is 0 Å². The van der Waals surface area contributed by atoms with Crippen LogP contribution < -0.4 is 0 Å². The standard InChI is InChI=1S/C8H15NO2.HI/c1-6(2)8(10)11-7(3)9(4)5;/h7H,1H2,2-5H3;1H. The van der Waals surface area contributed by atoms with Gasteiger partial charge in [0.2, 0.25) is 0 Å². The molecule has 0 aliphatic carbocycles. The molecule has 1 atom stereocenters. The van der Waals surface area contributed by atoms with E-state index in [9.17, 15) is 4.79 Å². The molecule has 0 aliphatic rings. The number of ether oxygens (including phenoxy) is 1. The first kappa shape index (κ1) is 14.4. The van der Waals surface area contributed by atoms with Crippen molar-refractivity contribution in [3.63, 3.8) is 0 Å². The van der Waals surface area contributed by atoms with E-state index in [0.717, 1.165) is 0 Å². The van der Waals surface area contributed by atoms with E-state index in [1.54, 1.807) is 18.7 Å². The SMILES string of the molecule is C=C(C)C(=O)OC(C)N(C)C.I. The number of esters is 1. The van der Waals surface area contributed by atoms with Gasteiger partial charge in [0, 0.05) is 5.57 Å². The molecule has 0 aliphatic heterocycles. The summed E-state index contributed by atoms with van der Waals surface area (Å²) in [5.41, 5.74) is 0.429. The predicted molar refractivity (Wildman–Crippen MR) is 59.5 cm³/mol. The average Bonchev–Trinajstić information content (AvgIpc) is 1.87. The van der Waals surface area contributed by atoms with E-state index >= 15 is 0 Å². The first-order valence-electron chi connectivity index (χ1n) is 3.48. The van der Waals surface area contributed by atoms with E-state index in [1.165, 1.54) is 0 Å². The molecule has 0 aromatic heterocycles. The highest BCUT2D eigenvalue weighted by Gasteiger charge is 2.10. The zero-order valence-corrected chi connectivity index (χ0v) is 10.3. The van der Waals surface area contributed by atoms with Crippen molar-refractivity contribution in [1.29, 1.82) is 0 Å². The van der Waals surface area contributed by atoms with Gasteiger partial charge in [-0.2, -0.15) is 0 Å². The number of carbonyl (C=O) groups is 1. The van der Waals surface area contributed by atoms with Gasteiger partial charge in [-0.15, -0.1) is 24.0 Å². The topological polar surface area (TPSA) is 29.5 Å². The van der Waals surface area contributed by atoms with Crippen LogP contribution in [-0.2, 0) is 9.53 Å². The molecule has 0 amide bonds. The van der Waals surface area contributed by atoms with Crippen molar-refractivity contribution in [2.24, 2.45) is 0 Å². The molecule has 0 bridgehead atoms. The maximum atomic E-state index is 10.9. The van der Waals surface area contributed by atoms with E-state index in [4.69, 9.17) is 4.74 Å². The Labute approximate surface area is 90.8 Å². The Balaban J connectivity index is 0. The van der Waals surface area contributed by atoms with Crippen LogP contribution in [-0.4, -0.2) is 31.2 Å². The summed E-state index contributed by atoms with van der Waals surface area (Å²) in [6.45, 7) is 6.91. The summed E-state index contributed by atoms with van der Waals surface area (Å²) in [6, 6.07) is 0. The number of carbonyl (C=O) groups excluding carboxylic acids is 1. The zero-order chi connectivity index (χ0) is 9.02. The Morgan fingerprint density at radius 2 is 1.92 bits per heavy atom. The fourth-order valence-electron chi connectivity index (χ4n) is 0.361. The molecule has 4 heteroatoms. The minimum atomic E-state index is -0.341. The second kappa shape index (κ2) is 6.42. The minimum Gasteiger partial charge on any atom is -0.443 e. The largest absolute Gasteiger partial charge is 0.443 e. The first-order chi connectivity index (χ1) is 4.95. The lowest BCUT2D eigenvalue weighted by molar-refractivity contribution is -0.150. The lowest BCUT2D eigenvalue weighted by atomic mass is 10.4. The Morgan fingerprint density at radius 3 is 2.17 bits per heavy atom. The highest BCUT2D eigenvalue weighted by Crippen LogP contribution is 1.99. The van der Waals surface area contributed by atoms with E-state index in [1.807, 2.05) is 14.1 Å².